The van der Waals surface area contributed by atoms with Gasteiger partial charge in [0.05, 0.1) is 12.5 Å². The Balaban J connectivity index is 1.69. The molecule has 0 aliphatic heterocycles. The molecule has 0 unspecified atom stereocenters. The molecular formula is C25H30N5O2+. The number of carbonyl (C=O) groups is 1. The van der Waals surface area contributed by atoms with Crippen molar-refractivity contribution in [1.82, 2.24) is 9.55 Å². The van der Waals surface area contributed by atoms with Gasteiger partial charge in [-0.3, -0.25) is 0 Å². The van der Waals surface area contributed by atoms with Crippen LogP contribution in [0.25, 0.3) is 21.8 Å². The van der Waals surface area contributed by atoms with Crippen molar-refractivity contribution >= 4 is 39.1 Å². The molecule has 0 spiro atoms. The largest absolute Gasteiger partial charge is 0.477 e. The maximum atomic E-state index is 11.3. The molecule has 2 aromatic heterocycles. The molecule has 0 saturated carbocycles. The number of carboxylic acids is 1. The van der Waals surface area contributed by atoms with E-state index in [0.717, 1.165) is 19.4 Å². The van der Waals surface area contributed by atoms with Gasteiger partial charge in [-0.1, -0.05) is 0 Å². The van der Waals surface area contributed by atoms with Crippen molar-refractivity contribution in [3.05, 3.63) is 60.7 Å². The Labute approximate surface area is 188 Å². The summed E-state index contributed by atoms with van der Waals surface area (Å²) in [4.78, 5) is 19.6. The summed E-state index contributed by atoms with van der Waals surface area (Å²) in [6, 6.07) is 15.4. The lowest BCUT2D eigenvalue weighted by Crippen LogP contribution is -2.36. The number of unbranched alkanes of at least 4 members (excludes halogenated alkanes) is 1. The van der Waals surface area contributed by atoms with Crippen LogP contribution in [0, 0.1) is 0 Å². The van der Waals surface area contributed by atoms with E-state index in [1.54, 1.807) is 10.9 Å². The summed E-state index contributed by atoms with van der Waals surface area (Å²) in [5.41, 5.74) is 4.97. The number of hydrogen-bond donors (Lipinski definition) is 1. The number of pyridine rings is 1. The van der Waals surface area contributed by atoms with E-state index in [2.05, 4.69) is 90.0 Å². The third kappa shape index (κ3) is 4.23. The zero-order valence-corrected chi connectivity index (χ0v) is 19.1. The normalized spacial score (nSPS) is 11.2. The highest BCUT2D eigenvalue weighted by Crippen LogP contribution is 2.25. The molecule has 2 heterocycles. The number of hydrogen-bond acceptors (Lipinski definition) is 4. The lowest BCUT2D eigenvalue weighted by molar-refractivity contribution is -0.645. The van der Waals surface area contributed by atoms with Gasteiger partial charge in [0.25, 0.3) is 0 Å². The van der Waals surface area contributed by atoms with Crippen molar-refractivity contribution in [3.63, 3.8) is 0 Å². The molecule has 1 N–H and O–H groups in total. The lowest BCUT2D eigenvalue weighted by Gasteiger charge is -2.15. The fourth-order valence-corrected chi connectivity index (χ4v) is 4.10. The zero-order valence-electron chi connectivity index (χ0n) is 19.1. The molecule has 4 rings (SSSR count). The van der Waals surface area contributed by atoms with Crippen LogP contribution in [0.2, 0.25) is 0 Å². The van der Waals surface area contributed by atoms with Crippen molar-refractivity contribution in [1.29, 1.82) is 0 Å². The van der Waals surface area contributed by atoms with Crippen LogP contribution in [0.3, 0.4) is 0 Å². The van der Waals surface area contributed by atoms with E-state index in [9.17, 15) is 9.90 Å². The maximum absolute atomic E-state index is 11.3. The van der Waals surface area contributed by atoms with Gasteiger partial charge in [0.1, 0.15) is 12.2 Å². The Kier molecular flexibility index (Phi) is 5.99. The van der Waals surface area contributed by atoms with Gasteiger partial charge in [0.15, 0.2) is 0 Å². The first-order valence-electron chi connectivity index (χ1n) is 10.8. The summed E-state index contributed by atoms with van der Waals surface area (Å²) in [7, 11) is 8.23. The number of aryl methyl sites for hydroxylation is 2. The molecule has 166 valence electrons. The zero-order chi connectivity index (χ0) is 22.8. The van der Waals surface area contributed by atoms with E-state index >= 15 is 0 Å². The van der Waals surface area contributed by atoms with E-state index in [0.29, 0.717) is 6.54 Å². The Morgan fingerprint density at radius 1 is 0.938 bits per heavy atom. The van der Waals surface area contributed by atoms with Crippen LogP contribution < -0.4 is 14.4 Å². The molecule has 0 aliphatic rings. The molecule has 0 saturated heterocycles. The van der Waals surface area contributed by atoms with Gasteiger partial charge in [-0.05, 0) is 36.8 Å². The lowest BCUT2D eigenvalue weighted by atomic mass is 10.1. The highest BCUT2D eigenvalue weighted by Gasteiger charge is 2.18. The van der Waals surface area contributed by atoms with Crippen molar-refractivity contribution in [2.45, 2.75) is 25.9 Å². The Morgan fingerprint density at radius 2 is 1.53 bits per heavy atom. The van der Waals surface area contributed by atoms with E-state index < -0.39 is 5.97 Å². The summed E-state index contributed by atoms with van der Waals surface area (Å²) >= 11 is 0. The fourth-order valence-electron chi connectivity index (χ4n) is 4.10. The van der Waals surface area contributed by atoms with Gasteiger partial charge in [0.2, 0.25) is 11.0 Å². The Hall–Kier alpha value is -3.61. The van der Waals surface area contributed by atoms with Gasteiger partial charge in [-0.25, -0.2) is 9.78 Å². The topological polar surface area (TPSA) is 65.5 Å². The van der Waals surface area contributed by atoms with Crippen LogP contribution in [-0.2, 0) is 13.1 Å². The van der Waals surface area contributed by atoms with Crippen molar-refractivity contribution in [3.8, 4) is 0 Å². The maximum Gasteiger partial charge on any atom is 0.354 e. The van der Waals surface area contributed by atoms with Crippen LogP contribution in [0.4, 0.5) is 11.4 Å². The molecular weight excluding hydrogens is 402 g/mol. The van der Waals surface area contributed by atoms with Crippen molar-refractivity contribution in [2.24, 2.45) is 0 Å². The van der Waals surface area contributed by atoms with Crippen LogP contribution >= 0.6 is 0 Å². The highest BCUT2D eigenvalue weighted by atomic mass is 16.4. The summed E-state index contributed by atoms with van der Waals surface area (Å²) < 4.78 is 4.11. The number of fused-ring (bicyclic) bond motifs is 2. The summed E-state index contributed by atoms with van der Waals surface area (Å²) in [6.07, 6.45) is 4.79. The van der Waals surface area contributed by atoms with Crippen molar-refractivity contribution in [2.75, 3.05) is 38.0 Å². The number of nitrogens with zero attached hydrogens (tertiary/aromatic N) is 5. The van der Waals surface area contributed by atoms with E-state index in [-0.39, 0.29) is 5.69 Å². The standard InChI is InChI=1S/C25H29N5O2/c1-27(2)20-9-7-18-13-19-8-10-21(28(3)4)15-23(19)30(22(18)14-20)12-6-5-11-29-17-26-16-24(29)25(31)32/h7-10,13-17H,5-6,11-12H2,1-4H3/p+1. The SMILES string of the molecule is CN(C)c1ccc2cc3ccc(N(C)C)cc3[n+](CCCCn3cncc3C(=O)O)c2c1. The van der Waals surface area contributed by atoms with Crippen LogP contribution in [0.1, 0.15) is 23.3 Å². The first kappa shape index (κ1) is 21.6. The van der Waals surface area contributed by atoms with Gasteiger partial charge in [-0.2, -0.15) is 4.57 Å². The molecule has 0 radical (unpaired) electrons. The van der Waals surface area contributed by atoms with Crippen LogP contribution in [-0.4, -0.2) is 48.8 Å². The number of anilines is 2. The summed E-state index contributed by atoms with van der Waals surface area (Å²) in [6.45, 7) is 1.48. The highest BCUT2D eigenvalue weighted by molar-refractivity contribution is 5.91. The Bertz CT molecular complexity index is 1210. The van der Waals surface area contributed by atoms with E-state index in [1.807, 2.05) is 0 Å². The van der Waals surface area contributed by atoms with Crippen LogP contribution in [0.5, 0.6) is 0 Å². The average molecular weight is 433 g/mol. The fraction of sp³-hybridized carbons (Fsp3) is 0.320. The first-order chi connectivity index (χ1) is 15.3. The molecule has 0 atom stereocenters. The quantitative estimate of drug-likeness (QED) is 0.261. The van der Waals surface area contributed by atoms with Crippen molar-refractivity contribution < 1.29 is 14.5 Å². The second-order valence-electron chi connectivity index (χ2n) is 8.56. The molecule has 32 heavy (non-hydrogen) atoms. The number of carboxylic acid groups (broad SMARTS) is 1. The monoisotopic (exact) mass is 432 g/mol. The third-order valence-electron chi connectivity index (χ3n) is 5.92. The third-order valence-corrected chi connectivity index (χ3v) is 5.92. The molecule has 7 nitrogen and oxygen atoms in total. The van der Waals surface area contributed by atoms with Gasteiger partial charge < -0.3 is 19.5 Å². The Morgan fingerprint density at radius 3 is 2.06 bits per heavy atom. The molecule has 0 bridgehead atoms. The minimum atomic E-state index is -0.940. The van der Waals surface area contributed by atoms with E-state index in [4.69, 9.17) is 0 Å². The molecule has 0 amide bonds. The molecule has 7 heteroatoms. The minimum Gasteiger partial charge on any atom is -0.477 e. The summed E-state index contributed by atoms with van der Waals surface area (Å²) in [5.74, 6) is -0.940. The smallest absolute Gasteiger partial charge is 0.354 e. The number of benzene rings is 2. The van der Waals surface area contributed by atoms with Gasteiger partial charge >= 0.3 is 5.97 Å². The summed E-state index contributed by atoms with van der Waals surface area (Å²) in [5, 5.41) is 11.7. The molecule has 4 aromatic rings. The number of aromatic carboxylic acids is 1. The van der Waals surface area contributed by atoms with Gasteiger partial charge in [-0.15, -0.1) is 0 Å². The second kappa shape index (κ2) is 8.86. The minimum absolute atomic E-state index is 0.236. The molecule has 0 fully saturated rings. The van der Waals surface area contributed by atoms with Crippen LogP contribution in [0.15, 0.2) is 55.0 Å². The predicted octanol–water partition coefficient (Wildman–Crippen LogP) is 3.79. The molecule has 0 aliphatic carbocycles. The predicted molar refractivity (Wildman–Crippen MR) is 129 cm³/mol. The number of aromatic nitrogens is 3. The first-order valence-corrected chi connectivity index (χ1v) is 10.8. The average Bonchev–Trinajstić information content (AvgIpc) is 3.24. The van der Waals surface area contributed by atoms with Gasteiger partial charge in [0, 0.05) is 75.4 Å². The molecule has 2 aromatic carbocycles. The number of imidazole rings is 1. The number of rotatable bonds is 8. The van der Waals surface area contributed by atoms with E-state index in [1.165, 1.54) is 39.4 Å². The second-order valence-corrected chi connectivity index (χ2v) is 8.56.